The fraction of sp³-hybridized carbons (Fsp3) is 0.889. The van der Waals surface area contributed by atoms with Gasteiger partial charge >= 0.3 is 0 Å². The lowest BCUT2D eigenvalue weighted by Gasteiger charge is -2.19. The van der Waals surface area contributed by atoms with Crippen LogP contribution in [0.15, 0.2) is 0 Å². The maximum Gasteiger partial charge on any atom is 0.223 e. The van der Waals surface area contributed by atoms with Crippen LogP contribution in [-0.4, -0.2) is 56.0 Å². The van der Waals surface area contributed by atoms with Gasteiger partial charge in [-0.2, -0.15) is 0 Å². The van der Waals surface area contributed by atoms with E-state index in [-0.39, 0.29) is 11.9 Å². The molecule has 0 radical (unpaired) electrons. The summed E-state index contributed by atoms with van der Waals surface area (Å²) in [5, 5.41) is 0. The van der Waals surface area contributed by atoms with Crippen LogP contribution in [0.3, 0.4) is 0 Å². The number of likely N-dealkylation sites (N-methyl/N-ethyl adjacent to an activating group) is 1. The molecule has 4 heteroatoms. The molecule has 0 heterocycles. The van der Waals surface area contributed by atoms with Gasteiger partial charge in [0.1, 0.15) is 0 Å². The Balaban J connectivity index is 3.58. The van der Waals surface area contributed by atoms with E-state index in [4.69, 9.17) is 5.73 Å². The molecular formula is C9H21N3O. The number of hydrogen-bond donors (Lipinski definition) is 1. The van der Waals surface area contributed by atoms with Crippen LogP contribution in [0.25, 0.3) is 0 Å². The third-order valence-corrected chi connectivity index (χ3v) is 1.81. The lowest BCUT2D eigenvalue weighted by Crippen LogP contribution is -2.35. The Labute approximate surface area is 80.7 Å². The summed E-state index contributed by atoms with van der Waals surface area (Å²) in [6, 6.07) is 0.166. The van der Waals surface area contributed by atoms with Crippen LogP contribution >= 0.6 is 0 Å². The predicted octanol–water partition coefficient (Wildman–Crippen LogP) is -0.256. The van der Waals surface area contributed by atoms with Crippen molar-refractivity contribution in [2.24, 2.45) is 5.73 Å². The quantitative estimate of drug-likeness (QED) is 0.645. The standard InChI is InChI=1S/C9H21N3O/c1-8(10)7-12(4)6-5-9(13)11(2)3/h8H,5-7,10H2,1-4H3. The zero-order valence-electron chi connectivity index (χ0n) is 9.08. The largest absolute Gasteiger partial charge is 0.349 e. The fourth-order valence-electron chi connectivity index (χ4n) is 1.09. The van der Waals surface area contributed by atoms with Crippen molar-refractivity contribution in [3.05, 3.63) is 0 Å². The SMILES string of the molecule is CC(N)CN(C)CCC(=O)N(C)C. The van der Waals surface area contributed by atoms with Gasteiger partial charge in [-0.1, -0.05) is 0 Å². The average molecular weight is 187 g/mol. The molecule has 0 fully saturated rings. The van der Waals surface area contributed by atoms with Gasteiger partial charge in [-0.25, -0.2) is 0 Å². The van der Waals surface area contributed by atoms with Crippen molar-refractivity contribution in [3.8, 4) is 0 Å². The second-order valence-electron chi connectivity index (χ2n) is 3.78. The molecule has 0 aliphatic carbocycles. The van der Waals surface area contributed by atoms with E-state index in [0.29, 0.717) is 6.42 Å². The molecule has 0 saturated carbocycles. The summed E-state index contributed by atoms with van der Waals surface area (Å²) in [6.07, 6.45) is 0.566. The van der Waals surface area contributed by atoms with Gasteiger partial charge in [-0.05, 0) is 14.0 Å². The molecular weight excluding hydrogens is 166 g/mol. The Hall–Kier alpha value is -0.610. The molecule has 1 amide bonds. The zero-order valence-corrected chi connectivity index (χ0v) is 9.08. The summed E-state index contributed by atoms with van der Waals surface area (Å²) in [4.78, 5) is 14.9. The molecule has 0 aliphatic heterocycles. The molecule has 13 heavy (non-hydrogen) atoms. The average Bonchev–Trinajstić information content (AvgIpc) is 1.98. The van der Waals surface area contributed by atoms with Gasteiger partial charge in [0.05, 0.1) is 0 Å². The number of carbonyl (C=O) groups is 1. The monoisotopic (exact) mass is 187 g/mol. The van der Waals surface area contributed by atoms with Crippen LogP contribution in [-0.2, 0) is 4.79 Å². The van der Waals surface area contributed by atoms with E-state index in [9.17, 15) is 4.79 Å². The molecule has 2 N–H and O–H groups in total. The van der Waals surface area contributed by atoms with E-state index in [1.807, 2.05) is 14.0 Å². The summed E-state index contributed by atoms with van der Waals surface area (Å²) in [7, 11) is 5.52. The number of nitrogens with zero attached hydrogens (tertiary/aromatic N) is 2. The molecule has 0 bridgehead atoms. The molecule has 0 aliphatic rings. The van der Waals surface area contributed by atoms with Gasteiger partial charge in [-0.3, -0.25) is 4.79 Å². The molecule has 78 valence electrons. The molecule has 0 rings (SSSR count). The van der Waals surface area contributed by atoms with E-state index < -0.39 is 0 Å². The minimum Gasteiger partial charge on any atom is -0.349 e. The first-order chi connectivity index (χ1) is 5.93. The second-order valence-corrected chi connectivity index (χ2v) is 3.78. The molecule has 0 aromatic heterocycles. The highest BCUT2D eigenvalue weighted by molar-refractivity contribution is 5.75. The van der Waals surface area contributed by atoms with Crippen molar-refractivity contribution < 1.29 is 4.79 Å². The van der Waals surface area contributed by atoms with Gasteiger partial charge < -0.3 is 15.5 Å². The maximum atomic E-state index is 11.2. The summed E-state index contributed by atoms with van der Waals surface area (Å²) < 4.78 is 0. The first-order valence-corrected chi connectivity index (χ1v) is 4.57. The Bertz CT molecular complexity index is 157. The summed E-state index contributed by atoms with van der Waals surface area (Å²) in [6.45, 7) is 3.57. The Morgan fingerprint density at radius 3 is 2.31 bits per heavy atom. The third kappa shape index (κ3) is 6.54. The molecule has 0 saturated heterocycles. The molecule has 1 unspecified atom stereocenters. The molecule has 1 atom stereocenters. The van der Waals surface area contributed by atoms with Crippen molar-refractivity contribution in [2.75, 3.05) is 34.2 Å². The lowest BCUT2D eigenvalue weighted by atomic mass is 10.3. The van der Waals surface area contributed by atoms with Crippen molar-refractivity contribution in [1.82, 2.24) is 9.80 Å². The normalized spacial score (nSPS) is 13.1. The molecule has 0 aromatic rings. The van der Waals surface area contributed by atoms with Crippen molar-refractivity contribution >= 4 is 5.91 Å². The number of amides is 1. The van der Waals surface area contributed by atoms with Gasteiger partial charge in [-0.15, -0.1) is 0 Å². The summed E-state index contributed by atoms with van der Waals surface area (Å²) in [5.74, 6) is 0.163. The zero-order chi connectivity index (χ0) is 10.4. The number of hydrogen-bond acceptors (Lipinski definition) is 3. The third-order valence-electron chi connectivity index (χ3n) is 1.81. The highest BCUT2D eigenvalue weighted by atomic mass is 16.2. The van der Waals surface area contributed by atoms with Crippen LogP contribution in [0.5, 0.6) is 0 Å². The number of carbonyl (C=O) groups excluding carboxylic acids is 1. The van der Waals surface area contributed by atoms with E-state index in [2.05, 4.69) is 4.90 Å². The van der Waals surface area contributed by atoms with Crippen molar-refractivity contribution in [3.63, 3.8) is 0 Å². The number of rotatable bonds is 5. The second kappa shape index (κ2) is 5.94. The first kappa shape index (κ1) is 12.4. The van der Waals surface area contributed by atoms with E-state index in [0.717, 1.165) is 13.1 Å². The fourth-order valence-corrected chi connectivity index (χ4v) is 1.09. The topological polar surface area (TPSA) is 49.6 Å². The Morgan fingerprint density at radius 2 is 1.92 bits per heavy atom. The van der Waals surface area contributed by atoms with E-state index in [1.54, 1.807) is 19.0 Å². The highest BCUT2D eigenvalue weighted by Crippen LogP contribution is 1.92. The van der Waals surface area contributed by atoms with Crippen LogP contribution in [0.1, 0.15) is 13.3 Å². The maximum absolute atomic E-state index is 11.2. The highest BCUT2D eigenvalue weighted by Gasteiger charge is 2.06. The van der Waals surface area contributed by atoms with E-state index >= 15 is 0 Å². The van der Waals surface area contributed by atoms with Crippen LogP contribution < -0.4 is 5.73 Å². The minimum absolute atomic E-state index is 0.163. The number of nitrogens with two attached hydrogens (primary N) is 1. The van der Waals surface area contributed by atoms with Gasteiger partial charge in [0.15, 0.2) is 0 Å². The van der Waals surface area contributed by atoms with E-state index in [1.165, 1.54) is 0 Å². The lowest BCUT2D eigenvalue weighted by molar-refractivity contribution is -0.128. The van der Waals surface area contributed by atoms with Crippen LogP contribution in [0, 0.1) is 0 Å². The van der Waals surface area contributed by atoms with Gasteiger partial charge in [0, 0.05) is 39.6 Å². The predicted molar refractivity (Wildman–Crippen MR) is 54.5 cm³/mol. The molecule has 4 nitrogen and oxygen atoms in total. The van der Waals surface area contributed by atoms with Crippen LogP contribution in [0.2, 0.25) is 0 Å². The van der Waals surface area contributed by atoms with Gasteiger partial charge in [0.25, 0.3) is 0 Å². The summed E-state index contributed by atoms with van der Waals surface area (Å²) >= 11 is 0. The van der Waals surface area contributed by atoms with Crippen molar-refractivity contribution in [1.29, 1.82) is 0 Å². The molecule has 0 spiro atoms. The Morgan fingerprint density at radius 1 is 1.38 bits per heavy atom. The van der Waals surface area contributed by atoms with Gasteiger partial charge in [0.2, 0.25) is 5.91 Å². The smallest absolute Gasteiger partial charge is 0.223 e. The molecule has 0 aromatic carbocycles. The Kier molecular flexibility index (Phi) is 5.66. The summed E-state index contributed by atoms with van der Waals surface area (Å²) in [5.41, 5.74) is 5.62. The first-order valence-electron chi connectivity index (χ1n) is 4.57. The van der Waals surface area contributed by atoms with Crippen LogP contribution in [0.4, 0.5) is 0 Å². The van der Waals surface area contributed by atoms with Crippen molar-refractivity contribution in [2.45, 2.75) is 19.4 Å². The minimum atomic E-state index is 0.163.